The van der Waals surface area contributed by atoms with Gasteiger partial charge in [0.15, 0.2) is 0 Å². The highest BCUT2D eigenvalue weighted by atomic mass is 28.4. The fourth-order valence-corrected chi connectivity index (χ4v) is 5.69. The summed E-state index contributed by atoms with van der Waals surface area (Å²) >= 11 is 0. The lowest BCUT2D eigenvalue weighted by Crippen LogP contribution is -2.52. The molecule has 0 radical (unpaired) electrons. The molecule has 0 saturated carbocycles. The van der Waals surface area contributed by atoms with Crippen LogP contribution in [0, 0.1) is 5.92 Å². The number of esters is 1. The fourth-order valence-electron chi connectivity index (χ4n) is 2.17. The van der Waals surface area contributed by atoms with Gasteiger partial charge in [0.1, 0.15) is 5.60 Å². The number of rotatable bonds is 9. The van der Waals surface area contributed by atoms with Crippen LogP contribution >= 0.6 is 0 Å². The van der Waals surface area contributed by atoms with E-state index in [2.05, 4.69) is 0 Å². The van der Waals surface area contributed by atoms with Gasteiger partial charge in [-0.25, -0.2) is 0 Å². The van der Waals surface area contributed by atoms with Crippen molar-refractivity contribution < 1.29 is 22.8 Å². The minimum Gasteiger partial charge on any atom is -0.460 e. The van der Waals surface area contributed by atoms with Crippen molar-refractivity contribution >= 4 is 14.8 Å². The highest BCUT2D eigenvalue weighted by molar-refractivity contribution is 6.61. The predicted octanol–water partition coefficient (Wildman–Crippen LogP) is 4.18. The van der Waals surface area contributed by atoms with Gasteiger partial charge in [0.2, 0.25) is 0 Å². The van der Waals surface area contributed by atoms with Gasteiger partial charge in [-0.15, -0.1) is 0 Å². The van der Waals surface area contributed by atoms with Crippen molar-refractivity contribution in [3.63, 3.8) is 0 Å². The summed E-state index contributed by atoms with van der Waals surface area (Å²) in [6.45, 7) is 19.1. The Balaban J connectivity index is 5.27. The topological polar surface area (TPSA) is 54.0 Å². The molecule has 0 aliphatic heterocycles. The molecule has 0 aromatic heterocycles. The summed E-state index contributed by atoms with van der Waals surface area (Å²) in [5.74, 6) is -0.599. The molecule has 0 rings (SSSR count). The van der Waals surface area contributed by atoms with Crippen LogP contribution in [-0.4, -0.2) is 38.7 Å². The monoisotopic (exact) mass is 348 g/mol. The van der Waals surface area contributed by atoms with Crippen LogP contribution in [0.2, 0.25) is 6.04 Å². The second-order valence-corrected chi connectivity index (χ2v) is 10.3. The van der Waals surface area contributed by atoms with Crippen LogP contribution in [0.1, 0.15) is 69.2 Å². The summed E-state index contributed by atoms with van der Waals surface area (Å²) in [6, 6.07) is 0.413. The molecule has 1 unspecified atom stereocenters. The average Bonchev–Trinajstić information content (AvgIpc) is 2.22. The second kappa shape index (κ2) is 9.16. The number of carbonyl (C=O) groups excluding carboxylic acids is 1. The molecular formula is C17H36O5Si. The molecule has 0 N–H and O–H groups in total. The second-order valence-electron chi connectivity index (χ2n) is 7.82. The van der Waals surface area contributed by atoms with Crippen LogP contribution in [0.4, 0.5) is 0 Å². The van der Waals surface area contributed by atoms with E-state index in [0.717, 1.165) is 0 Å². The third-order valence-electron chi connectivity index (χ3n) is 2.61. The predicted molar refractivity (Wildman–Crippen MR) is 94.2 cm³/mol. The van der Waals surface area contributed by atoms with Crippen LogP contribution in [0.3, 0.4) is 0 Å². The maximum atomic E-state index is 12.3. The van der Waals surface area contributed by atoms with Crippen molar-refractivity contribution in [2.45, 2.75) is 99.2 Å². The van der Waals surface area contributed by atoms with E-state index in [1.54, 1.807) is 0 Å². The molecule has 0 aliphatic carbocycles. The Bertz CT molecular complexity index is 334. The first-order valence-corrected chi connectivity index (χ1v) is 10.5. The summed E-state index contributed by atoms with van der Waals surface area (Å²) in [4.78, 5) is 12.3. The molecule has 0 fully saturated rings. The SMILES string of the molecule is CC(C)O[Si](CC(C)C(=O)OC(C)(C)C)(OC(C)C)OC(C)C. The molecule has 5 nitrogen and oxygen atoms in total. The van der Waals surface area contributed by atoms with Gasteiger partial charge in [-0.3, -0.25) is 4.79 Å². The van der Waals surface area contributed by atoms with Gasteiger partial charge in [0.25, 0.3) is 0 Å². The minimum atomic E-state index is -2.99. The van der Waals surface area contributed by atoms with Gasteiger partial charge < -0.3 is 18.0 Å². The molecule has 0 saturated heterocycles. The highest BCUT2D eigenvalue weighted by Crippen LogP contribution is 2.27. The molecule has 6 heteroatoms. The van der Waals surface area contributed by atoms with Crippen molar-refractivity contribution in [1.82, 2.24) is 0 Å². The molecule has 0 aliphatic rings. The van der Waals surface area contributed by atoms with E-state index in [1.807, 2.05) is 69.2 Å². The number of carbonyl (C=O) groups is 1. The number of hydrogen-bond donors (Lipinski definition) is 0. The molecule has 0 aromatic rings. The zero-order valence-corrected chi connectivity index (χ0v) is 17.6. The third-order valence-corrected chi connectivity index (χ3v) is 6.22. The summed E-state index contributed by atoms with van der Waals surface area (Å²) in [7, 11) is -2.99. The van der Waals surface area contributed by atoms with E-state index in [0.29, 0.717) is 6.04 Å². The van der Waals surface area contributed by atoms with Crippen molar-refractivity contribution in [3.8, 4) is 0 Å². The van der Waals surface area contributed by atoms with Crippen LogP contribution in [0.15, 0.2) is 0 Å². The molecule has 0 spiro atoms. The van der Waals surface area contributed by atoms with Gasteiger partial charge in [0, 0.05) is 24.4 Å². The van der Waals surface area contributed by atoms with Crippen LogP contribution in [0.5, 0.6) is 0 Å². The Morgan fingerprint density at radius 1 is 0.826 bits per heavy atom. The molecule has 138 valence electrons. The lowest BCUT2D eigenvalue weighted by atomic mass is 10.1. The third kappa shape index (κ3) is 10.1. The minimum absolute atomic E-state index is 0.0370. The average molecular weight is 349 g/mol. The van der Waals surface area contributed by atoms with Crippen molar-refractivity contribution in [2.24, 2.45) is 5.92 Å². The quantitative estimate of drug-likeness (QED) is 0.462. The standard InChI is InChI=1S/C17H36O5Si/c1-12(2)20-23(21-13(3)4,22-14(5)6)11-15(7)16(18)19-17(8,9)10/h12-15H,11H2,1-10H3. The van der Waals surface area contributed by atoms with E-state index in [-0.39, 0.29) is 30.2 Å². The first kappa shape index (κ1) is 22.6. The Morgan fingerprint density at radius 2 is 1.17 bits per heavy atom. The molecule has 0 aromatic carbocycles. The van der Waals surface area contributed by atoms with E-state index in [4.69, 9.17) is 18.0 Å². The van der Waals surface area contributed by atoms with E-state index in [1.165, 1.54) is 0 Å². The first-order chi connectivity index (χ1) is 10.3. The molecular weight excluding hydrogens is 312 g/mol. The first-order valence-electron chi connectivity index (χ1n) is 8.52. The summed E-state index contributed by atoms with van der Waals surface area (Å²) < 4.78 is 23.8. The molecule has 0 heterocycles. The normalized spacial score (nSPS) is 14.7. The van der Waals surface area contributed by atoms with Crippen LogP contribution in [-0.2, 0) is 22.8 Å². The van der Waals surface area contributed by atoms with Crippen molar-refractivity contribution in [1.29, 1.82) is 0 Å². The van der Waals surface area contributed by atoms with E-state index >= 15 is 0 Å². The van der Waals surface area contributed by atoms with Gasteiger partial charge in [-0.1, -0.05) is 6.92 Å². The highest BCUT2D eigenvalue weighted by Gasteiger charge is 2.47. The fraction of sp³-hybridized carbons (Fsp3) is 0.941. The number of ether oxygens (including phenoxy) is 1. The van der Waals surface area contributed by atoms with Crippen LogP contribution in [0.25, 0.3) is 0 Å². The van der Waals surface area contributed by atoms with Gasteiger partial charge in [-0.05, 0) is 62.3 Å². The zero-order valence-electron chi connectivity index (χ0n) is 16.6. The summed E-state index contributed by atoms with van der Waals surface area (Å²) in [6.07, 6.45) is -0.111. The largest absolute Gasteiger partial charge is 0.502 e. The Labute approximate surface area is 143 Å². The molecule has 0 bridgehead atoms. The Kier molecular flexibility index (Phi) is 8.98. The van der Waals surface area contributed by atoms with Gasteiger partial charge in [0.05, 0.1) is 5.92 Å². The molecule has 0 amide bonds. The zero-order chi connectivity index (χ0) is 18.4. The maximum Gasteiger partial charge on any atom is 0.502 e. The summed E-state index contributed by atoms with van der Waals surface area (Å²) in [5, 5.41) is 0. The lowest BCUT2D eigenvalue weighted by Gasteiger charge is -2.36. The smallest absolute Gasteiger partial charge is 0.460 e. The number of hydrogen-bond acceptors (Lipinski definition) is 5. The van der Waals surface area contributed by atoms with E-state index in [9.17, 15) is 4.79 Å². The molecule has 1 atom stereocenters. The molecule has 23 heavy (non-hydrogen) atoms. The Hall–Kier alpha value is -0.433. The van der Waals surface area contributed by atoms with Gasteiger partial charge >= 0.3 is 14.8 Å². The maximum absolute atomic E-state index is 12.3. The summed E-state index contributed by atoms with van der Waals surface area (Å²) in [5.41, 5.74) is -0.508. The van der Waals surface area contributed by atoms with Gasteiger partial charge in [-0.2, -0.15) is 0 Å². The van der Waals surface area contributed by atoms with Crippen LogP contribution < -0.4 is 0 Å². The lowest BCUT2D eigenvalue weighted by molar-refractivity contribution is -0.159. The van der Waals surface area contributed by atoms with Crippen molar-refractivity contribution in [3.05, 3.63) is 0 Å². The van der Waals surface area contributed by atoms with E-state index < -0.39 is 14.4 Å². The Morgan fingerprint density at radius 3 is 1.43 bits per heavy atom. The van der Waals surface area contributed by atoms with Crippen molar-refractivity contribution in [2.75, 3.05) is 0 Å².